The summed E-state index contributed by atoms with van der Waals surface area (Å²) < 4.78 is 15.7. The summed E-state index contributed by atoms with van der Waals surface area (Å²) in [4.78, 5) is 12.9. The van der Waals surface area contributed by atoms with Crippen LogP contribution in [-0.4, -0.2) is 25.3 Å². The molecule has 0 atom stereocenters. The molecule has 3 rings (SSSR count). The van der Waals surface area contributed by atoms with Crippen molar-refractivity contribution in [3.8, 4) is 22.8 Å². The van der Waals surface area contributed by atoms with Crippen molar-refractivity contribution >= 4 is 23.2 Å². The van der Waals surface area contributed by atoms with Crippen LogP contribution in [-0.2, 0) is 0 Å². The van der Waals surface area contributed by atoms with Crippen LogP contribution in [0.1, 0.15) is 16.1 Å². The van der Waals surface area contributed by atoms with Crippen LogP contribution in [0.3, 0.4) is 0 Å². The number of nitrogens with one attached hydrogen (secondary N) is 1. The second kappa shape index (κ2) is 7.49. The normalized spacial score (nSPS) is 10.5. The number of hydrogen-bond donors (Lipinski definition) is 1. The first kappa shape index (κ1) is 17.8. The van der Waals surface area contributed by atoms with Crippen LogP contribution in [0.4, 0.5) is 5.69 Å². The number of methoxy groups -OCH3 is 2. The van der Waals surface area contributed by atoms with Gasteiger partial charge in [0.05, 0.1) is 19.2 Å². The molecule has 0 bridgehead atoms. The second-order valence-electron chi connectivity index (χ2n) is 5.50. The molecule has 6 nitrogen and oxygen atoms in total. The quantitative estimate of drug-likeness (QED) is 0.710. The molecule has 0 saturated heterocycles. The molecule has 0 aliphatic heterocycles. The third-order valence-electron chi connectivity index (χ3n) is 3.83. The van der Waals surface area contributed by atoms with Crippen LogP contribution < -0.4 is 14.8 Å². The summed E-state index contributed by atoms with van der Waals surface area (Å²) in [7, 11) is 3.08. The van der Waals surface area contributed by atoms with E-state index in [1.54, 1.807) is 57.5 Å². The van der Waals surface area contributed by atoms with Crippen molar-refractivity contribution in [1.29, 1.82) is 0 Å². The molecule has 0 aliphatic rings. The molecule has 2 aromatic carbocycles. The Kier molecular flexibility index (Phi) is 5.14. The number of anilines is 1. The van der Waals surface area contributed by atoms with Gasteiger partial charge in [-0.1, -0.05) is 35.0 Å². The lowest BCUT2D eigenvalue weighted by Gasteiger charge is -2.10. The highest BCUT2D eigenvalue weighted by molar-refractivity contribution is 6.33. The Morgan fingerprint density at radius 2 is 1.77 bits per heavy atom. The molecule has 1 amide bonds. The van der Waals surface area contributed by atoms with E-state index in [9.17, 15) is 4.79 Å². The van der Waals surface area contributed by atoms with E-state index in [-0.39, 0.29) is 5.91 Å². The van der Waals surface area contributed by atoms with Crippen molar-refractivity contribution in [2.24, 2.45) is 0 Å². The SMILES string of the molecule is COc1cc(NC(=O)c2c(-c3ccccc3Cl)noc2C)cc(OC)c1. The van der Waals surface area contributed by atoms with Gasteiger partial charge in [0, 0.05) is 29.4 Å². The van der Waals surface area contributed by atoms with E-state index < -0.39 is 0 Å². The van der Waals surface area contributed by atoms with Gasteiger partial charge in [0.25, 0.3) is 5.91 Å². The predicted octanol–water partition coefficient (Wildman–Crippen LogP) is 4.57. The number of carbonyl (C=O) groups is 1. The van der Waals surface area contributed by atoms with Gasteiger partial charge in [0.1, 0.15) is 28.5 Å². The number of aryl methyl sites for hydroxylation is 1. The fraction of sp³-hybridized carbons (Fsp3) is 0.158. The molecule has 7 heteroatoms. The van der Waals surface area contributed by atoms with Crippen LogP contribution in [0.25, 0.3) is 11.3 Å². The minimum Gasteiger partial charge on any atom is -0.497 e. The van der Waals surface area contributed by atoms with E-state index in [0.717, 1.165) is 0 Å². The Labute approximate surface area is 155 Å². The Balaban J connectivity index is 1.97. The highest BCUT2D eigenvalue weighted by atomic mass is 35.5. The number of benzene rings is 2. The molecule has 0 radical (unpaired) electrons. The fourth-order valence-corrected chi connectivity index (χ4v) is 2.78. The van der Waals surface area contributed by atoms with Crippen LogP contribution in [0.5, 0.6) is 11.5 Å². The zero-order valence-electron chi connectivity index (χ0n) is 14.5. The zero-order valence-corrected chi connectivity index (χ0v) is 15.3. The lowest BCUT2D eigenvalue weighted by molar-refractivity contribution is 0.102. The van der Waals surface area contributed by atoms with Crippen molar-refractivity contribution in [1.82, 2.24) is 5.16 Å². The maximum atomic E-state index is 12.9. The maximum Gasteiger partial charge on any atom is 0.261 e. The van der Waals surface area contributed by atoms with E-state index in [2.05, 4.69) is 10.5 Å². The molecule has 134 valence electrons. The van der Waals surface area contributed by atoms with Gasteiger partial charge >= 0.3 is 0 Å². The molecule has 0 saturated carbocycles. The summed E-state index contributed by atoms with van der Waals surface area (Å²) in [6, 6.07) is 12.2. The molecule has 0 aliphatic carbocycles. The van der Waals surface area contributed by atoms with Gasteiger partial charge in [-0.25, -0.2) is 0 Å². The van der Waals surface area contributed by atoms with E-state index in [1.807, 2.05) is 6.07 Å². The number of halogens is 1. The molecular formula is C19H17ClN2O4. The zero-order chi connectivity index (χ0) is 18.7. The largest absolute Gasteiger partial charge is 0.497 e. The standard InChI is InChI=1S/C19H17ClN2O4/c1-11-17(18(22-26-11)15-6-4-5-7-16(15)20)19(23)21-12-8-13(24-2)10-14(9-12)25-3/h4-10H,1-3H3,(H,21,23). The van der Waals surface area contributed by atoms with E-state index in [0.29, 0.717) is 44.8 Å². The van der Waals surface area contributed by atoms with Crippen LogP contribution in [0, 0.1) is 6.92 Å². The van der Waals surface area contributed by atoms with Gasteiger partial charge in [0.2, 0.25) is 0 Å². The number of hydrogen-bond acceptors (Lipinski definition) is 5. The predicted molar refractivity (Wildman–Crippen MR) is 99.2 cm³/mol. The van der Waals surface area contributed by atoms with Crippen LogP contribution >= 0.6 is 11.6 Å². The summed E-state index contributed by atoms with van der Waals surface area (Å²) in [5, 5.41) is 7.31. The molecule has 0 fully saturated rings. The number of nitrogens with zero attached hydrogens (tertiary/aromatic N) is 1. The molecule has 3 aromatic rings. The third kappa shape index (κ3) is 3.50. The Hall–Kier alpha value is -2.99. The first-order chi connectivity index (χ1) is 12.5. The van der Waals surface area contributed by atoms with Gasteiger partial charge in [-0.15, -0.1) is 0 Å². The van der Waals surface area contributed by atoms with Crippen molar-refractivity contribution in [3.05, 3.63) is 58.8 Å². The Morgan fingerprint density at radius 1 is 1.12 bits per heavy atom. The van der Waals surface area contributed by atoms with Crippen molar-refractivity contribution < 1.29 is 18.8 Å². The minimum atomic E-state index is -0.367. The fourth-order valence-electron chi connectivity index (χ4n) is 2.55. The Bertz CT molecular complexity index is 930. The summed E-state index contributed by atoms with van der Waals surface area (Å²) in [6.45, 7) is 1.68. The first-order valence-electron chi connectivity index (χ1n) is 7.79. The number of ether oxygens (including phenoxy) is 2. The van der Waals surface area contributed by atoms with E-state index in [1.165, 1.54) is 0 Å². The molecule has 1 aromatic heterocycles. The number of amides is 1. The lowest BCUT2D eigenvalue weighted by Crippen LogP contribution is -2.13. The molecule has 1 N–H and O–H groups in total. The molecule has 0 unspecified atom stereocenters. The van der Waals surface area contributed by atoms with E-state index in [4.69, 9.17) is 25.6 Å². The highest BCUT2D eigenvalue weighted by Crippen LogP contribution is 2.32. The van der Waals surface area contributed by atoms with Crippen molar-refractivity contribution in [2.75, 3.05) is 19.5 Å². The van der Waals surface area contributed by atoms with Crippen LogP contribution in [0.15, 0.2) is 47.0 Å². The molecule has 1 heterocycles. The first-order valence-corrected chi connectivity index (χ1v) is 8.17. The average Bonchev–Trinajstić information content (AvgIpc) is 3.03. The van der Waals surface area contributed by atoms with Crippen LogP contribution in [0.2, 0.25) is 5.02 Å². The number of carbonyl (C=O) groups excluding carboxylic acids is 1. The Morgan fingerprint density at radius 3 is 2.38 bits per heavy atom. The summed E-state index contributed by atoms with van der Waals surface area (Å²) in [5.74, 6) is 1.15. The van der Waals surface area contributed by atoms with E-state index >= 15 is 0 Å². The van der Waals surface area contributed by atoms with Gasteiger partial charge in [0.15, 0.2) is 0 Å². The topological polar surface area (TPSA) is 73.6 Å². The van der Waals surface area contributed by atoms with Gasteiger partial charge in [-0.05, 0) is 13.0 Å². The maximum absolute atomic E-state index is 12.9. The molecule has 26 heavy (non-hydrogen) atoms. The molecule has 0 spiro atoms. The van der Waals surface area contributed by atoms with Gasteiger partial charge in [-0.2, -0.15) is 0 Å². The molecular weight excluding hydrogens is 356 g/mol. The number of rotatable bonds is 5. The van der Waals surface area contributed by atoms with Gasteiger partial charge in [-0.3, -0.25) is 4.79 Å². The third-order valence-corrected chi connectivity index (χ3v) is 4.16. The summed E-state index contributed by atoms with van der Waals surface area (Å²) in [5.41, 5.74) is 1.86. The highest BCUT2D eigenvalue weighted by Gasteiger charge is 2.23. The summed E-state index contributed by atoms with van der Waals surface area (Å²) >= 11 is 6.24. The van der Waals surface area contributed by atoms with Crippen molar-refractivity contribution in [2.45, 2.75) is 6.92 Å². The minimum absolute atomic E-state index is 0.319. The average molecular weight is 373 g/mol. The monoisotopic (exact) mass is 372 g/mol. The lowest BCUT2D eigenvalue weighted by atomic mass is 10.1. The van der Waals surface area contributed by atoms with Gasteiger partial charge < -0.3 is 19.3 Å². The number of aromatic nitrogens is 1. The summed E-state index contributed by atoms with van der Waals surface area (Å²) in [6.07, 6.45) is 0. The second-order valence-corrected chi connectivity index (χ2v) is 5.90. The smallest absolute Gasteiger partial charge is 0.261 e. The van der Waals surface area contributed by atoms with Crippen molar-refractivity contribution in [3.63, 3.8) is 0 Å².